The summed E-state index contributed by atoms with van der Waals surface area (Å²) in [6.45, 7) is 7.71. The van der Waals surface area contributed by atoms with Crippen molar-refractivity contribution >= 4 is 39.8 Å². The third kappa shape index (κ3) is 4.55. The number of aryl methyl sites for hydroxylation is 3. The average molecular weight is 450 g/mol. The quantitative estimate of drug-likeness (QED) is 0.357. The lowest BCUT2D eigenvalue weighted by atomic mass is 10.0. The Hall–Kier alpha value is -2.97. The lowest BCUT2D eigenvalue weighted by Gasteiger charge is -2.23. The van der Waals surface area contributed by atoms with E-state index in [9.17, 15) is 4.79 Å². The summed E-state index contributed by atoms with van der Waals surface area (Å²) in [6.07, 6.45) is 1.71. The van der Waals surface area contributed by atoms with Crippen molar-refractivity contribution in [2.75, 3.05) is 4.90 Å². The van der Waals surface area contributed by atoms with Gasteiger partial charge in [0.05, 0.1) is 11.4 Å². The first-order valence-electron chi connectivity index (χ1n) is 9.85. The molecule has 0 saturated heterocycles. The fourth-order valence-electron chi connectivity index (χ4n) is 3.61. The Kier molecular flexibility index (Phi) is 6.20. The van der Waals surface area contributed by atoms with Crippen molar-refractivity contribution in [2.24, 2.45) is 0 Å². The van der Waals surface area contributed by atoms with Crippen LogP contribution < -0.4 is 4.90 Å². The SMILES string of the molecule is CC(=O)N(c1nc(CSc2nncn2-c2ccccc2)cs1)c1c(C)cc(C)cc1C. The van der Waals surface area contributed by atoms with Gasteiger partial charge in [0.1, 0.15) is 6.33 Å². The molecule has 0 aliphatic carbocycles. The fourth-order valence-corrected chi connectivity index (χ4v) is 5.40. The summed E-state index contributed by atoms with van der Waals surface area (Å²) in [5.74, 6) is 0.590. The number of hydrogen-bond acceptors (Lipinski definition) is 6. The molecular formula is C23H23N5OS2. The predicted octanol–water partition coefficient (Wildman–Crippen LogP) is 5.63. The maximum atomic E-state index is 12.6. The molecule has 6 nitrogen and oxygen atoms in total. The van der Waals surface area contributed by atoms with Gasteiger partial charge in [-0.3, -0.25) is 14.3 Å². The van der Waals surface area contributed by atoms with Crippen molar-refractivity contribution in [1.82, 2.24) is 19.7 Å². The molecule has 0 fully saturated rings. The Morgan fingerprint density at radius 2 is 1.84 bits per heavy atom. The molecular weight excluding hydrogens is 426 g/mol. The number of rotatable bonds is 6. The summed E-state index contributed by atoms with van der Waals surface area (Å²) in [6, 6.07) is 14.2. The Balaban J connectivity index is 1.56. The van der Waals surface area contributed by atoms with E-state index in [1.807, 2.05) is 54.1 Å². The topological polar surface area (TPSA) is 63.9 Å². The van der Waals surface area contributed by atoms with Crippen LogP contribution in [-0.4, -0.2) is 25.7 Å². The molecule has 0 saturated carbocycles. The molecule has 0 radical (unpaired) electrons. The van der Waals surface area contributed by atoms with Gasteiger partial charge in [-0.25, -0.2) is 4.98 Å². The number of nitrogens with zero attached hydrogens (tertiary/aromatic N) is 5. The van der Waals surface area contributed by atoms with Gasteiger partial charge in [0.25, 0.3) is 0 Å². The van der Waals surface area contributed by atoms with Crippen LogP contribution in [-0.2, 0) is 10.5 Å². The molecule has 8 heteroatoms. The zero-order valence-corrected chi connectivity index (χ0v) is 19.5. The number of aromatic nitrogens is 4. The van der Waals surface area contributed by atoms with Gasteiger partial charge in [0, 0.05) is 23.7 Å². The number of thiazole rings is 1. The van der Waals surface area contributed by atoms with Crippen LogP contribution in [0.15, 0.2) is 59.3 Å². The van der Waals surface area contributed by atoms with Crippen molar-refractivity contribution in [3.05, 3.63) is 76.6 Å². The van der Waals surface area contributed by atoms with E-state index in [-0.39, 0.29) is 5.91 Å². The Bertz CT molecular complexity index is 1190. The molecule has 0 aliphatic rings. The Morgan fingerprint density at radius 3 is 2.52 bits per heavy atom. The van der Waals surface area contributed by atoms with Gasteiger partial charge in [-0.15, -0.1) is 21.5 Å². The van der Waals surface area contributed by atoms with E-state index in [4.69, 9.17) is 4.98 Å². The first kappa shape index (κ1) is 21.3. The van der Waals surface area contributed by atoms with Crippen molar-refractivity contribution in [2.45, 2.75) is 38.6 Å². The third-order valence-electron chi connectivity index (χ3n) is 4.80. The van der Waals surface area contributed by atoms with Crippen LogP contribution in [0.5, 0.6) is 0 Å². The number of anilines is 2. The number of thioether (sulfide) groups is 1. The lowest BCUT2D eigenvalue weighted by Crippen LogP contribution is -2.24. The van der Waals surface area contributed by atoms with Gasteiger partial charge in [-0.05, 0) is 44.0 Å². The van der Waals surface area contributed by atoms with E-state index in [1.54, 1.807) is 29.9 Å². The molecule has 31 heavy (non-hydrogen) atoms. The van der Waals surface area contributed by atoms with E-state index in [2.05, 4.69) is 29.3 Å². The maximum Gasteiger partial charge on any atom is 0.230 e. The number of amides is 1. The van der Waals surface area contributed by atoms with E-state index >= 15 is 0 Å². The van der Waals surface area contributed by atoms with Gasteiger partial charge in [-0.1, -0.05) is 47.7 Å². The predicted molar refractivity (Wildman–Crippen MR) is 127 cm³/mol. The number of para-hydroxylation sites is 1. The molecule has 4 rings (SSSR count). The smallest absolute Gasteiger partial charge is 0.230 e. The van der Waals surface area contributed by atoms with Crippen LogP contribution >= 0.6 is 23.1 Å². The van der Waals surface area contributed by atoms with Crippen molar-refractivity contribution < 1.29 is 4.79 Å². The third-order valence-corrected chi connectivity index (χ3v) is 6.66. The van der Waals surface area contributed by atoms with Crippen molar-refractivity contribution in [3.63, 3.8) is 0 Å². The molecule has 0 atom stereocenters. The summed E-state index contributed by atoms with van der Waals surface area (Å²) >= 11 is 3.05. The molecule has 158 valence electrons. The van der Waals surface area contributed by atoms with E-state index < -0.39 is 0 Å². The van der Waals surface area contributed by atoms with Gasteiger partial charge in [0.2, 0.25) is 5.91 Å². The maximum absolute atomic E-state index is 12.6. The lowest BCUT2D eigenvalue weighted by molar-refractivity contribution is -0.115. The first-order chi connectivity index (χ1) is 14.9. The molecule has 0 bridgehead atoms. The number of hydrogen-bond donors (Lipinski definition) is 0. The summed E-state index contributed by atoms with van der Waals surface area (Å²) in [5.41, 5.74) is 6.14. The normalized spacial score (nSPS) is 11.0. The Morgan fingerprint density at radius 1 is 1.13 bits per heavy atom. The first-order valence-corrected chi connectivity index (χ1v) is 11.7. The van der Waals surface area contributed by atoms with Gasteiger partial charge >= 0.3 is 0 Å². The largest absolute Gasteiger partial charge is 0.277 e. The van der Waals surface area contributed by atoms with E-state index in [0.29, 0.717) is 10.9 Å². The number of carbonyl (C=O) groups is 1. The minimum Gasteiger partial charge on any atom is -0.277 e. The summed E-state index contributed by atoms with van der Waals surface area (Å²) < 4.78 is 1.96. The molecule has 2 heterocycles. The van der Waals surface area contributed by atoms with Crippen LogP contribution in [0.1, 0.15) is 29.3 Å². The van der Waals surface area contributed by atoms with Crippen LogP contribution in [0.3, 0.4) is 0 Å². The average Bonchev–Trinajstić information content (AvgIpc) is 3.38. The monoisotopic (exact) mass is 449 g/mol. The highest BCUT2D eigenvalue weighted by molar-refractivity contribution is 7.98. The van der Waals surface area contributed by atoms with Crippen molar-refractivity contribution in [1.29, 1.82) is 0 Å². The second kappa shape index (κ2) is 9.03. The summed E-state index contributed by atoms with van der Waals surface area (Å²) in [7, 11) is 0. The molecule has 0 aliphatic heterocycles. The van der Waals surface area contributed by atoms with Gasteiger partial charge in [-0.2, -0.15) is 0 Å². The van der Waals surface area contributed by atoms with Crippen LogP contribution in [0, 0.1) is 20.8 Å². The minimum atomic E-state index is -0.0487. The van der Waals surface area contributed by atoms with E-state index in [1.165, 1.54) is 16.9 Å². The summed E-state index contributed by atoms with van der Waals surface area (Å²) in [4.78, 5) is 19.0. The van der Waals surface area contributed by atoms with E-state index in [0.717, 1.165) is 33.4 Å². The van der Waals surface area contributed by atoms with Crippen LogP contribution in [0.4, 0.5) is 10.8 Å². The zero-order valence-electron chi connectivity index (χ0n) is 17.9. The Labute approximate surface area is 190 Å². The number of benzene rings is 2. The highest BCUT2D eigenvalue weighted by atomic mass is 32.2. The fraction of sp³-hybridized carbons (Fsp3) is 0.217. The molecule has 4 aromatic rings. The summed E-state index contributed by atoms with van der Waals surface area (Å²) in [5, 5.41) is 11.8. The number of carbonyl (C=O) groups excluding carboxylic acids is 1. The van der Waals surface area contributed by atoms with Crippen LogP contribution in [0.25, 0.3) is 5.69 Å². The highest BCUT2D eigenvalue weighted by Gasteiger charge is 2.22. The molecule has 2 aromatic heterocycles. The molecule has 0 unspecified atom stereocenters. The van der Waals surface area contributed by atoms with Crippen molar-refractivity contribution in [3.8, 4) is 5.69 Å². The van der Waals surface area contributed by atoms with Crippen LogP contribution in [0.2, 0.25) is 0 Å². The highest BCUT2D eigenvalue weighted by Crippen LogP contribution is 2.35. The molecule has 2 aromatic carbocycles. The van der Waals surface area contributed by atoms with Gasteiger partial charge in [0.15, 0.2) is 10.3 Å². The second-order valence-corrected chi connectivity index (χ2v) is 9.11. The molecule has 0 spiro atoms. The second-order valence-electron chi connectivity index (χ2n) is 7.33. The van der Waals surface area contributed by atoms with Gasteiger partial charge < -0.3 is 0 Å². The molecule has 1 amide bonds. The zero-order chi connectivity index (χ0) is 22.0. The minimum absolute atomic E-state index is 0.0487. The standard InChI is InChI=1S/C23H23N5OS2/c1-15-10-16(2)21(17(3)11-15)28(18(4)29)22-25-19(12-30-22)13-31-23-26-24-14-27(23)20-8-6-5-7-9-20/h5-12,14H,13H2,1-4H3. The molecule has 0 N–H and O–H groups in total.